The Hall–Kier alpha value is -1.87. The Morgan fingerprint density at radius 1 is 1.39 bits per heavy atom. The van der Waals surface area contributed by atoms with Gasteiger partial charge in [0.2, 0.25) is 0 Å². The highest BCUT2D eigenvalue weighted by Gasteiger charge is 2.26. The van der Waals surface area contributed by atoms with E-state index in [9.17, 15) is 4.79 Å². The van der Waals surface area contributed by atoms with Crippen LogP contribution in [0.4, 0.5) is 0 Å². The van der Waals surface area contributed by atoms with Crippen molar-refractivity contribution in [2.75, 3.05) is 26.7 Å². The quantitative estimate of drug-likeness (QED) is 0.570. The largest absolute Gasteiger partial charge is 0.337 e. The van der Waals surface area contributed by atoms with E-state index < -0.39 is 0 Å². The molecule has 1 saturated heterocycles. The summed E-state index contributed by atoms with van der Waals surface area (Å²) in [5.74, 6) is 0.0549. The molecule has 1 fully saturated rings. The molecule has 0 aliphatic carbocycles. The van der Waals surface area contributed by atoms with Crippen molar-refractivity contribution in [3.63, 3.8) is 0 Å². The molecular formula is C20H28N2O. The minimum atomic E-state index is 0.0549. The summed E-state index contributed by atoms with van der Waals surface area (Å²) in [6, 6.07) is 10.8. The van der Waals surface area contributed by atoms with Gasteiger partial charge >= 0.3 is 0 Å². The third-order valence-corrected chi connectivity index (χ3v) is 4.55. The number of hydrogen-bond donors (Lipinski definition) is 0. The molecule has 23 heavy (non-hydrogen) atoms. The number of likely N-dealkylation sites (tertiary alicyclic amines) is 1. The molecule has 1 aliphatic rings. The van der Waals surface area contributed by atoms with E-state index >= 15 is 0 Å². The maximum absolute atomic E-state index is 12.7. The van der Waals surface area contributed by atoms with Crippen LogP contribution in [0.25, 0.3) is 0 Å². The normalized spacial score (nSPS) is 18.4. The van der Waals surface area contributed by atoms with Crippen molar-refractivity contribution >= 4 is 5.91 Å². The second-order valence-electron chi connectivity index (χ2n) is 6.29. The molecule has 0 bridgehead atoms. The molecule has 1 heterocycles. The lowest BCUT2D eigenvalue weighted by molar-refractivity contribution is -0.127. The maximum Gasteiger partial charge on any atom is 0.253 e. The predicted molar refractivity (Wildman–Crippen MR) is 96.3 cm³/mol. The van der Waals surface area contributed by atoms with Crippen LogP contribution in [0, 0.1) is 0 Å². The third-order valence-electron chi connectivity index (χ3n) is 4.55. The van der Waals surface area contributed by atoms with Crippen LogP contribution in [0.5, 0.6) is 0 Å². The summed E-state index contributed by atoms with van der Waals surface area (Å²) in [5, 5.41) is 0. The van der Waals surface area contributed by atoms with Gasteiger partial charge in [0, 0.05) is 24.7 Å². The molecule has 124 valence electrons. The summed E-state index contributed by atoms with van der Waals surface area (Å²) < 4.78 is 0. The Balaban J connectivity index is 2.03. The maximum atomic E-state index is 12.7. The monoisotopic (exact) mass is 312 g/mol. The van der Waals surface area contributed by atoms with Gasteiger partial charge in [0.1, 0.15) is 0 Å². The van der Waals surface area contributed by atoms with Gasteiger partial charge in [0.25, 0.3) is 5.91 Å². The zero-order valence-corrected chi connectivity index (χ0v) is 14.4. The Labute approximate surface area is 140 Å². The molecule has 1 aromatic rings. The Morgan fingerprint density at radius 2 is 2.13 bits per heavy atom. The van der Waals surface area contributed by atoms with Crippen molar-refractivity contribution in [3.05, 3.63) is 60.2 Å². The van der Waals surface area contributed by atoms with E-state index in [1.807, 2.05) is 36.1 Å². The minimum Gasteiger partial charge on any atom is -0.337 e. The van der Waals surface area contributed by atoms with Crippen molar-refractivity contribution < 1.29 is 4.79 Å². The SMILES string of the molecule is C=C(/C=C\C)C(=O)N(CCc1ccccc1)CC1CCCN1C. The summed E-state index contributed by atoms with van der Waals surface area (Å²) >= 11 is 0. The first-order valence-corrected chi connectivity index (χ1v) is 8.47. The average molecular weight is 312 g/mol. The highest BCUT2D eigenvalue weighted by molar-refractivity contribution is 5.95. The molecule has 1 aliphatic heterocycles. The fraction of sp³-hybridized carbons (Fsp3) is 0.450. The second kappa shape index (κ2) is 8.68. The zero-order valence-electron chi connectivity index (χ0n) is 14.4. The average Bonchev–Trinajstić information content (AvgIpc) is 2.97. The van der Waals surface area contributed by atoms with Crippen molar-refractivity contribution in [1.82, 2.24) is 9.80 Å². The van der Waals surface area contributed by atoms with Crippen molar-refractivity contribution in [2.24, 2.45) is 0 Å². The zero-order chi connectivity index (χ0) is 16.7. The van der Waals surface area contributed by atoms with Gasteiger partial charge in [-0.15, -0.1) is 0 Å². The molecule has 1 unspecified atom stereocenters. The van der Waals surface area contributed by atoms with E-state index in [1.165, 1.54) is 18.4 Å². The summed E-state index contributed by atoms with van der Waals surface area (Å²) in [6.45, 7) is 8.49. The van der Waals surface area contributed by atoms with Gasteiger partial charge in [-0.3, -0.25) is 4.79 Å². The first kappa shape index (κ1) is 17.5. The Bertz CT molecular complexity index is 550. The molecule has 3 nitrogen and oxygen atoms in total. The number of rotatable bonds is 7. The number of allylic oxidation sites excluding steroid dienone is 1. The van der Waals surface area contributed by atoms with E-state index in [2.05, 4.69) is 30.7 Å². The highest BCUT2D eigenvalue weighted by Crippen LogP contribution is 2.17. The van der Waals surface area contributed by atoms with Crippen molar-refractivity contribution in [3.8, 4) is 0 Å². The smallest absolute Gasteiger partial charge is 0.253 e. The van der Waals surface area contributed by atoms with Crippen LogP contribution in [-0.4, -0.2) is 48.4 Å². The molecule has 2 rings (SSSR count). The van der Waals surface area contributed by atoms with E-state index in [0.717, 1.165) is 26.1 Å². The van der Waals surface area contributed by atoms with E-state index in [-0.39, 0.29) is 5.91 Å². The van der Waals surface area contributed by atoms with Crippen LogP contribution in [0.2, 0.25) is 0 Å². The number of amides is 1. The fourth-order valence-electron chi connectivity index (χ4n) is 3.12. The standard InChI is InChI=1S/C20H28N2O/c1-4-9-17(2)20(23)22(16-19-12-8-14-21(19)3)15-13-18-10-6-5-7-11-18/h4-7,9-11,19H,2,8,12-16H2,1,3H3/b9-4-. The number of nitrogens with zero attached hydrogens (tertiary/aromatic N) is 2. The van der Waals surface area contributed by atoms with Gasteiger partial charge in [0.05, 0.1) is 0 Å². The lowest BCUT2D eigenvalue weighted by Crippen LogP contribution is -2.43. The van der Waals surface area contributed by atoms with Gasteiger partial charge < -0.3 is 9.80 Å². The molecule has 1 amide bonds. The van der Waals surface area contributed by atoms with Crippen LogP contribution in [0.3, 0.4) is 0 Å². The molecule has 0 saturated carbocycles. The molecule has 0 radical (unpaired) electrons. The number of hydrogen-bond acceptors (Lipinski definition) is 2. The van der Waals surface area contributed by atoms with Crippen molar-refractivity contribution in [1.29, 1.82) is 0 Å². The highest BCUT2D eigenvalue weighted by atomic mass is 16.2. The van der Waals surface area contributed by atoms with Crippen LogP contribution >= 0.6 is 0 Å². The first-order valence-electron chi connectivity index (χ1n) is 8.47. The summed E-state index contributed by atoms with van der Waals surface area (Å²) in [4.78, 5) is 17.0. The molecule has 0 aromatic heterocycles. The molecule has 0 spiro atoms. The van der Waals surface area contributed by atoms with Crippen molar-refractivity contribution in [2.45, 2.75) is 32.2 Å². The predicted octanol–water partition coefficient (Wildman–Crippen LogP) is 3.28. The topological polar surface area (TPSA) is 23.6 Å². The Morgan fingerprint density at radius 3 is 2.74 bits per heavy atom. The van der Waals surface area contributed by atoms with E-state index in [0.29, 0.717) is 11.6 Å². The molecule has 1 atom stereocenters. The van der Waals surface area contributed by atoms with Gasteiger partial charge in [-0.25, -0.2) is 0 Å². The first-order chi connectivity index (χ1) is 11.1. The van der Waals surface area contributed by atoms with Crippen LogP contribution in [0.1, 0.15) is 25.3 Å². The third kappa shape index (κ3) is 5.07. The lowest BCUT2D eigenvalue weighted by atomic mass is 10.1. The van der Waals surface area contributed by atoms with Gasteiger partial charge in [0.15, 0.2) is 0 Å². The van der Waals surface area contributed by atoms with Gasteiger partial charge in [-0.2, -0.15) is 0 Å². The summed E-state index contributed by atoms with van der Waals surface area (Å²) in [6.07, 6.45) is 6.94. The summed E-state index contributed by atoms with van der Waals surface area (Å²) in [5.41, 5.74) is 1.84. The van der Waals surface area contributed by atoms with Gasteiger partial charge in [-0.05, 0) is 45.3 Å². The van der Waals surface area contributed by atoms with E-state index in [1.54, 1.807) is 6.08 Å². The number of benzene rings is 1. The molecule has 0 N–H and O–H groups in total. The molecule has 3 heteroatoms. The van der Waals surface area contributed by atoms with E-state index in [4.69, 9.17) is 0 Å². The fourth-order valence-corrected chi connectivity index (χ4v) is 3.12. The van der Waals surface area contributed by atoms with Gasteiger partial charge in [-0.1, -0.05) is 49.1 Å². The number of likely N-dealkylation sites (N-methyl/N-ethyl adjacent to an activating group) is 1. The van der Waals surface area contributed by atoms with Crippen LogP contribution in [-0.2, 0) is 11.2 Å². The number of carbonyl (C=O) groups excluding carboxylic acids is 1. The second-order valence-corrected chi connectivity index (χ2v) is 6.29. The summed E-state index contributed by atoms with van der Waals surface area (Å²) in [7, 11) is 2.15. The Kier molecular flexibility index (Phi) is 6.60. The molecular weight excluding hydrogens is 284 g/mol. The van der Waals surface area contributed by atoms with Crippen LogP contribution < -0.4 is 0 Å². The van der Waals surface area contributed by atoms with Crippen LogP contribution in [0.15, 0.2) is 54.6 Å². The number of carbonyl (C=O) groups is 1. The minimum absolute atomic E-state index is 0.0549. The lowest BCUT2D eigenvalue weighted by Gasteiger charge is -2.29. The molecule has 1 aromatic carbocycles.